The van der Waals surface area contributed by atoms with Crippen molar-refractivity contribution in [3.05, 3.63) is 0 Å². The first-order valence-electron chi connectivity index (χ1n) is 9.58. The van der Waals surface area contributed by atoms with Crippen molar-refractivity contribution in [2.75, 3.05) is 6.61 Å². The van der Waals surface area contributed by atoms with E-state index in [0.717, 1.165) is 19.3 Å². The molecule has 1 saturated heterocycles. The van der Waals surface area contributed by atoms with Gasteiger partial charge in [0.25, 0.3) is 0 Å². The summed E-state index contributed by atoms with van der Waals surface area (Å²) in [7, 11) is 0. The number of aliphatic hydroxyl groups is 3. The number of nitrogens with two attached hydrogens (primary N) is 1. The van der Waals surface area contributed by atoms with Crippen LogP contribution in [0.3, 0.4) is 0 Å². The molecule has 1 aliphatic rings. The van der Waals surface area contributed by atoms with Crippen molar-refractivity contribution >= 4 is 5.97 Å². The van der Waals surface area contributed by atoms with E-state index in [0.29, 0.717) is 6.42 Å². The average molecular weight is 361 g/mol. The zero-order chi connectivity index (χ0) is 18.7. The number of esters is 1. The highest BCUT2D eigenvalue weighted by Crippen LogP contribution is 2.19. The minimum Gasteiger partial charge on any atom is -0.463 e. The van der Waals surface area contributed by atoms with Crippen molar-refractivity contribution in [1.29, 1.82) is 0 Å². The molecule has 1 rings (SSSR count). The Balaban J connectivity index is 2.05. The van der Waals surface area contributed by atoms with E-state index < -0.39 is 30.6 Å². The molecular weight excluding hydrogens is 326 g/mol. The lowest BCUT2D eigenvalue weighted by Gasteiger charge is -2.38. The Morgan fingerprint density at radius 1 is 0.960 bits per heavy atom. The van der Waals surface area contributed by atoms with E-state index in [-0.39, 0.29) is 12.6 Å². The molecule has 1 heterocycles. The number of carbonyl (C=O) groups is 1. The van der Waals surface area contributed by atoms with Gasteiger partial charge in [-0.3, -0.25) is 4.79 Å². The third-order valence-electron chi connectivity index (χ3n) is 4.66. The smallest absolute Gasteiger partial charge is 0.305 e. The molecule has 1 fully saturated rings. The molecule has 7 heteroatoms. The second-order valence-electron chi connectivity index (χ2n) is 6.89. The molecule has 0 aromatic carbocycles. The molecule has 0 spiro atoms. The molecule has 5 N–H and O–H groups in total. The summed E-state index contributed by atoms with van der Waals surface area (Å²) in [5.41, 5.74) is 5.48. The normalized spacial score (nSPS) is 29.6. The highest BCUT2D eigenvalue weighted by atomic mass is 16.6. The van der Waals surface area contributed by atoms with E-state index in [2.05, 4.69) is 6.92 Å². The summed E-state index contributed by atoms with van der Waals surface area (Å²) >= 11 is 0. The van der Waals surface area contributed by atoms with Gasteiger partial charge in [0.2, 0.25) is 0 Å². The fraction of sp³-hybridized carbons (Fsp3) is 0.944. The van der Waals surface area contributed by atoms with Crippen LogP contribution in [-0.2, 0) is 14.3 Å². The van der Waals surface area contributed by atoms with E-state index in [1.165, 1.54) is 38.5 Å². The number of aliphatic hydroxyl groups excluding tert-OH is 3. The molecule has 0 aromatic heterocycles. The van der Waals surface area contributed by atoms with Crippen LogP contribution in [0.15, 0.2) is 0 Å². The van der Waals surface area contributed by atoms with Crippen molar-refractivity contribution in [1.82, 2.24) is 0 Å². The molecule has 7 nitrogen and oxygen atoms in total. The lowest BCUT2D eigenvalue weighted by atomic mass is 9.98. The summed E-state index contributed by atoms with van der Waals surface area (Å²) in [5, 5.41) is 29.1. The van der Waals surface area contributed by atoms with Crippen LogP contribution >= 0.6 is 0 Å². The second-order valence-corrected chi connectivity index (χ2v) is 6.89. The fourth-order valence-electron chi connectivity index (χ4n) is 2.93. The van der Waals surface area contributed by atoms with E-state index in [1.54, 1.807) is 0 Å². The zero-order valence-corrected chi connectivity index (χ0v) is 15.3. The third kappa shape index (κ3) is 8.46. The largest absolute Gasteiger partial charge is 0.463 e. The number of carbonyl (C=O) groups excluding carboxylic acids is 1. The summed E-state index contributed by atoms with van der Waals surface area (Å²) < 4.78 is 10.1. The van der Waals surface area contributed by atoms with Crippen molar-refractivity contribution < 1.29 is 29.6 Å². The first kappa shape index (κ1) is 22.3. The molecule has 0 saturated carbocycles. The predicted molar refractivity (Wildman–Crippen MR) is 93.7 cm³/mol. The van der Waals surface area contributed by atoms with Crippen LogP contribution < -0.4 is 5.73 Å². The lowest BCUT2D eigenvalue weighted by Crippen LogP contribution is -2.62. The first-order valence-corrected chi connectivity index (χ1v) is 9.58. The Morgan fingerprint density at radius 3 is 2.12 bits per heavy atom. The van der Waals surface area contributed by atoms with Gasteiger partial charge in [0.15, 0.2) is 6.29 Å². The standard InChI is InChI=1S/C18H35NO6/c1-2-3-4-5-6-7-8-9-10-11-14(20)24-12-13-16(21)17(22)15(19)18(23)25-13/h13,15-18,21-23H,2-12,19H2,1H3/t13-,15-,16-,17-,18?/m1/s1. The molecule has 5 atom stereocenters. The van der Waals surface area contributed by atoms with Gasteiger partial charge in [0, 0.05) is 6.42 Å². The maximum atomic E-state index is 11.7. The Morgan fingerprint density at radius 2 is 1.52 bits per heavy atom. The summed E-state index contributed by atoms with van der Waals surface area (Å²) in [6.45, 7) is 2.00. The first-order chi connectivity index (χ1) is 12.0. The second kappa shape index (κ2) is 12.6. The maximum absolute atomic E-state index is 11.7. The molecule has 0 aliphatic carbocycles. The van der Waals surface area contributed by atoms with Crippen LogP contribution in [0.4, 0.5) is 0 Å². The number of hydrogen-bond donors (Lipinski definition) is 4. The van der Waals surface area contributed by atoms with Crippen molar-refractivity contribution in [2.45, 2.75) is 102 Å². The van der Waals surface area contributed by atoms with Crippen molar-refractivity contribution in [2.24, 2.45) is 5.73 Å². The third-order valence-corrected chi connectivity index (χ3v) is 4.66. The SMILES string of the molecule is CCCCCCCCCCCC(=O)OC[C@H]1OC(O)[C@H](N)[C@@H](O)[C@@H]1O. The van der Waals surface area contributed by atoms with E-state index in [9.17, 15) is 20.1 Å². The van der Waals surface area contributed by atoms with Gasteiger partial charge in [-0.25, -0.2) is 0 Å². The quantitative estimate of drug-likeness (QED) is 0.304. The molecule has 1 aliphatic heterocycles. The van der Waals surface area contributed by atoms with Crippen LogP contribution in [0.25, 0.3) is 0 Å². The number of ether oxygens (including phenoxy) is 2. The molecular formula is C18H35NO6. The molecule has 148 valence electrons. The van der Waals surface area contributed by atoms with Crippen LogP contribution in [0.5, 0.6) is 0 Å². The van der Waals surface area contributed by atoms with E-state index in [1.807, 2.05) is 0 Å². The molecule has 0 amide bonds. The van der Waals surface area contributed by atoms with Gasteiger partial charge < -0.3 is 30.5 Å². The zero-order valence-electron chi connectivity index (χ0n) is 15.3. The Kier molecular flexibility index (Phi) is 11.2. The Hall–Kier alpha value is -0.730. The molecule has 1 unspecified atom stereocenters. The van der Waals surface area contributed by atoms with Gasteiger partial charge in [0.1, 0.15) is 24.9 Å². The minimum absolute atomic E-state index is 0.210. The predicted octanol–water partition coefficient (Wildman–Crippen LogP) is 1.22. The van der Waals surface area contributed by atoms with E-state index in [4.69, 9.17) is 15.2 Å². The highest BCUT2D eigenvalue weighted by molar-refractivity contribution is 5.69. The Bertz CT molecular complexity index is 367. The molecule has 0 aromatic rings. The van der Waals surface area contributed by atoms with Crippen molar-refractivity contribution in [3.63, 3.8) is 0 Å². The molecule has 0 radical (unpaired) electrons. The van der Waals surface area contributed by atoms with E-state index >= 15 is 0 Å². The number of hydrogen-bond acceptors (Lipinski definition) is 7. The minimum atomic E-state index is -1.39. The van der Waals surface area contributed by atoms with Gasteiger partial charge in [-0.05, 0) is 6.42 Å². The maximum Gasteiger partial charge on any atom is 0.305 e. The molecule has 25 heavy (non-hydrogen) atoms. The molecule has 0 bridgehead atoms. The van der Waals surface area contributed by atoms with Gasteiger partial charge >= 0.3 is 5.97 Å². The summed E-state index contributed by atoms with van der Waals surface area (Å²) in [5.74, 6) is -0.363. The van der Waals surface area contributed by atoms with Crippen LogP contribution in [0.2, 0.25) is 0 Å². The fourth-order valence-corrected chi connectivity index (χ4v) is 2.93. The van der Waals surface area contributed by atoms with Crippen LogP contribution in [0.1, 0.15) is 71.1 Å². The lowest BCUT2D eigenvalue weighted by molar-refractivity contribution is -0.251. The summed E-state index contributed by atoms with van der Waals surface area (Å²) in [6, 6.07) is -1.08. The topological polar surface area (TPSA) is 122 Å². The number of rotatable bonds is 12. The summed E-state index contributed by atoms with van der Waals surface area (Å²) in [4.78, 5) is 11.7. The van der Waals surface area contributed by atoms with Crippen LogP contribution in [-0.4, -0.2) is 58.5 Å². The monoisotopic (exact) mass is 361 g/mol. The van der Waals surface area contributed by atoms with Gasteiger partial charge in [-0.1, -0.05) is 58.3 Å². The average Bonchev–Trinajstić information content (AvgIpc) is 2.60. The van der Waals surface area contributed by atoms with Gasteiger partial charge in [0.05, 0.1) is 6.04 Å². The van der Waals surface area contributed by atoms with Gasteiger partial charge in [-0.2, -0.15) is 0 Å². The van der Waals surface area contributed by atoms with Crippen LogP contribution in [0, 0.1) is 0 Å². The van der Waals surface area contributed by atoms with Crippen molar-refractivity contribution in [3.8, 4) is 0 Å². The highest BCUT2D eigenvalue weighted by Gasteiger charge is 2.42. The van der Waals surface area contributed by atoms with Gasteiger partial charge in [-0.15, -0.1) is 0 Å². The summed E-state index contributed by atoms with van der Waals surface area (Å²) in [6.07, 6.45) is 5.89. The number of unbranched alkanes of at least 4 members (excludes halogenated alkanes) is 8. The Labute approximate surface area is 150 Å².